The Morgan fingerprint density at radius 2 is 0.849 bits per heavy atom. The SMILES string of the molecule is CCCCC(CC)Cc1ccc(-c2ccc(-c3c4ccccc4c(-c4ccc(-c5ccc(CC(CC)CCCC)cc5)cc4)c4nscc34)cc2)cc1. The number of aromatic nitrogens is 1. The number of nitrogens with zero attached hydrogens (tertiary/aromatic N) is 1. The Morgan fingerprint density at radius 1 is 0.453 bits per heavy atom. The number of hydrogen-bond acceptors (Lipinski definition) is 2. The Bertz CT molecular complexity index is 2050. The van der Waals surface area contributed by atoms with Crippen LogP contribution in [0.3, 0.4) is 0 Å². The zero-order valence-corrected chi connectivity index (χ0v) is 33.0. The summed E-state index contributed by atoms with van der Waals surface area (Å²) in [7, 11) is 0. The van der Waals surface area contributed by atoms with Gasteiger partial charge in [-0.25, -0.2) is 0 Å². The van der Waals surface area contributed by atoms with Crippen molar-refractivity contribution in [1.29, 1.82) is 0 Å². The summed E-state index contributed by atoms with van der Waals surface area (Å²) in [5, 5.41) is 5.97. The highest BCUT2D eigenvalue weighted by atomic mass is 32.1. The summed E-state index contributed by atoms with van der Waals surface area (Å²) in [6.45, 7) is 9.25. The second-order valence-electron chi connectivity index (χ2n) is 15.2. The molecule has 7 rings (SSSR count). The van der Waals surface area contributed by atoms with Crippen molar-refractivity contribution in [3.05, 3.63) is 138 Å². The van der Waals surface area contributed by atoms with E-state index in [9.17, 15) is 0 Å². The molecular formula is C51H55NS. The molecule has 1 nitrogen and oxygen atoms in total. The van der Waals surface area contributed by atoms with Crippen LogP contribution in [0.25, 0.3) is 66.2 Å². The molecule has 0 aliphatic heterocycles. The van der Waals surface area contributed by atoms with E-state index >= 15 is 0 Å². The standard InChI is InChI=1S/C51H55NS/c1-5-9-13-36(7-3)33-38-17-21-40(22-18-38)42-25-29-44(30-26-42)49-46-15-11-12-16-47(46)50(51-48(49)35-53-52-51)45-31-27-43(28-32-45)41-23-19-39(20-24-41)34-37(8-4)14-10-6-2/h11-12,15-32,35-37H,5-10,13-14,33-34H2,1-4H3. The van der Waals surface area contributed by atoms with Crippen LogP contribution in [0.2, 0.25) is 0 Å². The van der Waals surface area contributed by atoms with Crippen molar-refractivity contribution in [2.24, 2.45) is 11.8 Å². The van der Waals surface area contributed by atoms with E-state index in [0.717, 1.165) is 17.4 Å². The Labute approximate surface area is 322 Å². The maximum absolute atomic E-state index is 5.03. The molecule has 0 aliphatic rings. The van der Waals surface area contributed by atoms with Crippen molar-refractivity contribution in [3.63, 3.8) is 0 Å². The van der Waals surface area contributed by atoms with Crippen LogP contribution in [0.15, 0.2) is 127 Å². The van der Waals surface area contributed by atoms with Gasteiger partial charge in [0.15, 0.2) is 0 Å². The first-order chi connectivity index (χ1) is 26.1. The predicted molar refractivity (Wildman–Crippen MR) is 233 cm³/mol. The van der Waals surface area contributed by atoms with E-state index in [4.69, 9.17) is 4.37 Å². The van der Waals surface area contributed by atoms with Crippen molar-refractivity contribution >= 4 is 33.2 Å². The monoisotopic (exact) mass is 713 g/mol. The normalized spacial score (nSPS) is 12.8. The second kappa shape index (κ2) is 17.5. The lowest BCUT2D eigenvalue weighted by Crippen LogP contribution is -2.03. The Morgan fingerprint density at radius 3 is 1.28 bits per heavy atom. The fraction of sp³-hybridized carbons (Fsp3) is 0.314. The molecule has 0 saturated heterocycles. The molecule has 7 aromatic rings. The van der Waals surface area contributed by atoms with Crippen LogP contribution >= 0.6 is 11.5 Å². The molecule has 0 spiro atoms. The van der Waals surface area contributed by atoms with Crippen LogP contribution in [0.5, 0.6) is 0 Å². The summed E-state index contributed by atoms with van der Waals surface area (Å²) in [6, 6.07) is 45.7. The van der Waals surface area contributed by atoms with E-state index < -0.39 is 0 Å². The van der Waals surface area contributed by atoms with Gasteiger partial charge in [0.1, 0.15) is 0 Å². The summed E-state index contributed by atoms with van der Waals surface area (Å²) >= 11 is 1.55. The van der Waals surface area contributed by atoms with E-state index in [0.29, 0.717) is 0 Å². The van der Waals surface area contributed by atoms with Crippen LogP contribution in [-0.2, 0) is 12.8 Å². The van der Waals surface area contributed by atoms with Crippen molar-refractivity contribution in [2.75, 3.05) is 0 Å². The van der Waals surface area contributed by atoms with Gasteiger partial charge in [-0.15, -0.1) is 0 Å². The molecule has 0 radical (unpaired) electrons. The van der Waals surface area contributed by atoms with Gasteiger partial charge in [0, 0.05) is 16.3 Å². The summed E-state index contributed by atoms with van der Waals surface area (Å²) in [5.74, 6) is 1.57. The van der Waals surface area contributed by atoms with E-state index in [1.165, 1.54) is 136 Å². The minimum Gasteiger partial charge on any atom is -0.192 e. The van der Waals surface area contributed by atoms with Gasteiger partial charge in [-0.2, -0.15) is 4.37 Å². The number of hydrogen-bond donors (Lipinski definition) is 0. The molecule has 0 bridgehead atoms. The summed E-state index contributed by atoms with van der Waals surface area (Å²) < 4.78 is 5.03. The van der Waals surface area contributed by atoms with Gasteiger partial charge in [-0.05, 0) is 97.1 Å². The van der Waals surface area contributed by atoms with Gasteiger partial charge in [0.05, 0.1) is 5.52 Å². The average Bonchev–Trinajstić information content (AvgIpc) is 3.70. The molecule has 0 saturated carbocycles. The topological polar surface area (TPSA) is 12.9 Å². The molecule has 2 heteroatoms. The summed E-state index contributed by atoms with van der Waals surface area (Å²) in [5.41, 5.74) is 14.0. The molecule has 2 atom stereocenters. The van der Waals surface area contributed by atoms with Crippen LogP contribution < -0.4 is 0 Å². The van der Waals surface area contributed by atoms with Crippen LogP contribution in [0.1, 0.15) is 90.2 Å². The second-order valence-corrected chi connectivity index (χ2v) is 15.8. The first kappa shape index (κ1) is 36.8. The highest BCUT2D eigenvalue weighted by molar-refractivity contribution is 7.05. The van der Waals surface area contributed by atoms with Crippen molar-refractivity contribution in [1.82, 2.24) is 4.37 Å². The first-order valence-electron chi connectivity index (χ1n) is 20.3. The third-order valence-corrected chi connectivity index (χ3v) is 12.2. The van der Waals surface area contributed by atoms with E-state index in [2.05, 4.69) is 154 Å². The molecule has 1 aromatic heterocycles. The van der Waals surface area contributed by atoms with Crippen LogP contribution in [-0.4, -0.2) is 4.37 Å². The first-order valence-corrected chi connectivity index (χ1v) is 21.1. The molecule has 270 valence electrons. The van der Waals surface area contributed by atoms with Gasteiger partial charge in [-0.1, -0.05) is 200 Å². The van der Waals surface area contributed by atoms with Gasteiger partial charge in [0.2, 0.25) is 0 Å². The minimum absolute atomic E-state index is 0.782. The molecule has 0 amide bonds. The maximum atomic E-state index is 5.03. The van der Waals surface area contributed by atoms with Gasteiger partial charge in [-0.3, -0.25) is 0 Å². The highest BCUT2D eigenvalue weighted by Gasteiger charge is 2.19. The Hall–Kier alpha value is -4.53. The van der Waals surface area contributed by atoms with Crippen LogP contribution in [0.4, 0.5) is 0 Å². The quantitative estimate of drug-likeness (QED) is 0.0971. The Balaban J connectivity index is 1.15. The fourth-order valence-electron chi connectivity index (χ4n) is 8.27. The van der Waals surface area contributed by atoms with Crippen molar-refractivity contribution in [2.45, 2.75) is 91.9 Å². The van der Waals surface area contributed by atoms with Crippen molar-refractivity contribution < 1.29 is 0 Å². The highest BCUT2D eigenvalue weighted by Crippen LogP contribution is 2.44. The largest absolute Gasteiger partial charge is 0.192 e. The molecule has 53 heavy (non-hydrogen) atoms. The summed E-state index contributed by atoms with van der Waals surface area (Å²) in [6.07, 6.45) is 12.8. The average molecular weight is 714 g/mol. The zero-order valence-electron chi connectivity index (χ0n) is 32.2. The van der Waals surface area contributed by atoms with Gasteiger partial charge < -0.3 is 0 Å². The van der Waals surface area contributed by atoms with E-state index in [-0.39, 0.29) is 0 Å². The fourth-order valence-corrected chi connectivity index (χ4v) is 8.95. The molecule has 0 N–H and O–H groups in total. The molecule has 6 aromatic carbocycles. The van der Waals surface area contributed by atoms with E-state index in [1.54, 1.807) is 11.5 Å². The number of fused-ring (bicyclic) bond motifs is 2. The molecule has 0 fully saturated rings. The minimum atomic E-state index is 0.782. The summed E-state index contributed by atoms with van der Waals surface area (Å²) in [4.78, 5) is 0. The number of benzene rings is 6. The lowest BCUT2D eigenvalue weighted by molar-refractivity contribution is 0.449. The molecule has 1 heterocycles. The lowest BCUT2D eigenvalue weighted by Gasteiger charge is -2.16. The zero-order chi connectivity index (χ0) is 36.6. The van der Waals surface area contributed by atoms with Crippen molar-refractivity contribution in [3.8, 4) is 44.5 Å². The molecule has 2 unspecified atom stereocenters. The van der Waals surface area contributed by atoms with Gasteiger partial charge in [0.25, 0.3) is 0 Å². The smallest absolute Gasteiger partial charge is 0.0931 e. The molecule has 0 aliphatic carbocycles. The number of unbranched alkanes of at least 4 members (excludes halogenated alkanes) is 2. The lowest BCUT2D eigenvalue weighted by atomic mass is 9.88. The Kier molecular flexibility index (Phi) is 12.2. The molecular weight excluding hydrogens is 659 g/mol. The number of rotatable bonds is 16. The van der Waals surface area contributed by atoms with Crippen LogP contribution in [0, 0.1) is 11.8 Å². The van der Waals surface area contributed by atoms with E-state index in [1.807, 2.05) is 0 Å². The predicted octanol–water partition coefficient (Wildman–Crippen LogP) is 15.6. The third kappa shape index (κ3) is 8.34. The third-order valence-electron chi connectivity index (χ3n) is 11.6. The van der Waals surface area contributed by atoms with Gasteiger partial charge >= 0.3 is 0 Å². The maximum Gasteiger partial charge on any atom is 0.0931 e.